The molecule has 0 unspecified atom stereocenters. The van der Waals surface area contributed by atoms with Gasteiger partial charge in [0.2, 0.25) is 5.91 Å². The second kappa shape index (κ2) is 7.35. The fourth-order valence-corrected chi connectivity index (χ4v) is 2.95. The van der Waals surface area contributed by atoms with Gasteiger partial charge in [-0.05, 0) is 43.2 Å². The molecule has 0 aliphatic heterocycles. The van der Waals surface area contributed by atoms with Crippen LogP contribution in [0, 0.1) is 13.8 Å². The van der Waals surface area contributed by atoms with Gasteiger partial charge in [-0.15, -0.1) is 10.2 Å². The van der Waals surface area contributed by atoms with Gasteiger partial charge < -0.3 is 14.3 Å². The Kier molecular flexibility index (Phi) is 5.00. The van der Waals surface area contributed by atoms with Crippen molar-refractivity contribution in [3.63, 3.8) is 0 Å². The number of amides is 1. The number of carbonyl (C=O) groups is 1. The van der Waals surface area contributed by atoms with Crippen molar-refractivity contribution in [3.8, 4) is 0 Å². The van der Waals surface area contributed by atoms with E-state index in [0.29, 0.717) is 11.7 Å². The van der Waals surface area contributed by atoms with E-state index >= 15 is 0 Å². The predicted octanol–water partition coefficient (Wildman–Crippen LogP) is 3.27. The van der Waals surface area contributed by atoms with Crippen molar-refractivity contribution >= 4 is 23.4 Å². The Bertz CT molecular complexity index is 827. The van der Waals surface area contributed by atoms with Crippen molar-refractivity contribution in [3.05, 3.63) is 59.8 Å². The van der Waals surface area contributed by atoms with Gasteiger partial charge >= 0.3 is 0 Å². The second-order valence-corrected chi connectivity index (χ2v) is 6.35. The highest BCUT2D eigenvalue weighted by molar-refractivity contribution is 7.99. The molecule has 0 fully saturated rings. The molecule has 0 bridgehead atoms. The minimum atomic E-state index is -0.0683. The van der Waals surface area contributed by atoms with Crippen LogP contribution in [0.1, 0.15) is 16.9 Å². The van der Waals surface area contributed by atoms with Crippen molar-refractivity contribution in [2.75, 3.05) is 11.1 Å². The lowest BCUT2D eigenvalue weighted by Crippen LogP contribution is -2.15. The average molecular weight is 342 g/mol. The lowest BCUT2D eigenvalue weighted by molar-refractivity contribution is -0.113. The summed E-state index contributed by atoms with van der Waals surface area (Å²) < 4.78 is 7.18. The van der Waals surface area contributed by atoms with E-state index in [1.54, 1.807) is 12.6 Å². The molecule has 0 atom stereocenters. The minimum Gasteiger partial charge on any atom is -0.467 e. The third-order valence-electron chi connectivity index (χ3n) is 3.70. The van der Waals surface area contributed by atoms with E-state index in [2.05, 4.69) is 15.5 Å². The molecular weight excluding hydrogens is 324 g/mol. The van der Waals surface area contributed by atoms with Crippen LogP contribution in [0.5, 0.6) is 0 Å². The fourth-order valence-electron chi connectivity index (χ4n) is 2.24. The minimum absolute atomic E-state index is 0.0683. The number of aromatic nitrogens is 3. The second-order valence-electron chi connectivity index (χ2n) is 5.41. The van der Waals surface area contributed by atoms with E-state index < -0.39 is 0 Å². The number of benzene rings is 1. The molecule has 6 nitrogen and oxygen atoms in total. The van der Waals surface area contributed by atoms with E-state index in [0.717, 1.165) is 22.6 Å². The van der Waals surface area contributed by atoms with Crippen LogP contribution < -0.4 is 5.32 Å². The number of thioether (sulfide) groups is 1. The molecule has 0 radical (unpaired) electrons. The largest absolute Gasteiger partial charge is 0.467 e. The predicted molar refractivity (Wildman–Crippen MR) is 93.1 cm³/mol. The van der Waals surface area contributed by atoms with Crippen LogP contribution in [0.2, 0.25) is 0 Å². The first-order chi connectivity index (χ1) is 11.6. The molecular formula is C17H18N4O2S. The SMILES string of the molecule is Cc1cccc(NC(=O)CSc2nncn2Cc2ccco2)c1C. The summed E-state index contributed by atoms with van der Waals surface area (Å²) in [6.45, 7) is 4.57. The highest BCUT2D eigenvalue weighted by Gasteiger charge is 2.11. The molecule has 1 N–H and O–H groups in total. The van der Waals surface area contributed by atoms with Gasteiger partial charge in [-0.1, -0.05) is 23.9 Å². The van der Waals surface area contributed by atoms with Crippen LogP contribution in [-0.2, 0) is 11.3 Å². The van der Waals surface area contributed by atoms with Crippen LogP contribution in [0.25, 0.3) is 0 Å². The number of aryl methyl sites for hydroxylation is 1. The summed E-state index contributed by atoms with van der Waals surface area (Å²) in [5.41, 5.74) is 3.08. The topological polar surface area (TPSA) is 73.0 Å². The molecule has 1 amide bonds. The monoisotopic (exact) mass is 342 g/mol. The van der Waals surface area contributed by atoms with Gasteiger partial charge in [0.1, 0.15) is 12.1 Å². The number of furan rings is 1. The quantitative estimate of drug-likeness (QED) is 0.696. The van der Waals surface area contributed by atoms with E-state index in [9.17, 15) is 4.79 Å². The summed E-state index contributed by atoms with van der Waals surface area (Å²) in [7, 11) is 0. The van der Waals surface area contributed by atoms with E-state index in [1.807, 2.05) is 48.7 Å². The zero-order chi connectivity index (χ0) is 16.9. The van der Waals surface area contributed by atoms with Crippen molar-refractivity contribution in [2.45, 2.75) is 25.5 Å². The molecule has 0 saturated carbocycles. The molecule has 7 heteroatoms. The summed E-state index contributed by atoms with van der Waals surface area (Å²) in [5.74, 6) is 1.02. The number of rotatable bonds is 6. The highest BCUT2D eigenvalue weighted by atomic mass is 32.2. The first kappa shape index (κ1) is 16.3. The summed E-state index contributed by atoms with van der Waals surface area (Å²) in [6, 6.07) is 9.60. The lowest BCUT2D eigenvalue weighted by Gasteiger charge is -2.10. The summed E-state index contributed by atoms with van der Waals surface area (Å²) in [5, 5.41) is 11.6. The van der Waals surface area contributed by atoms with Gasteiger partial charge in [0.25, 0.3) is 0 Å². The molecule has 24 heavy (non-hydrogen) atoms. The van der Waals surface area contributed by atoms with Crippen molar-refractivity contribution in [2.24, 2.45) is 0 Å². The first-order valence-electron chi connectivity index (χ1n) is 7.52. The van der Waals surface area contributed by atoms with Gasteiger partial charge in [-0.25, -0.2) is 0 Å². The Morgan fingerprint density at radius 3 is 2.96 bits per heavy atom. The normalized spacial score (nSPS) is 10.8. The van der Waals surface area contributed by atoms with Gasteiger partial charge in [-0.2, -0.15) is 0 Å². The van der Waals surface area contributed by atoms with Crippen molar-refractivity contribution in [1.29, 1.82) is 0 Å². The Morgan fingerprint density at radius 1 is 1.29 bits per heavy atom. The number of nitrogens with one attached hydrogen (secondary N) is 1. The van der Waals surface area contributed by atoms with Gasteiger partial charge in [-0.3, -0.25) is 4.79 Å². The van der Waals surface area contributed by atoms with Crippen LogP contribution >= 0.6 is 11.8 Å². The summed E-state index contributed by atoms with van der Waals surface area (Å²) in [4.78, 5) is 12.2. The van der Waals surface area contributed by atoms with Crippen LogP contribution in [0.4, 0.5) is 5.69 Å². The zero-order valence-electron chi connectivity index (χ0n) is 13.5. The summed E-state index contributed by atoms with van der Waals surface area (Å²) >= 11 is 1.35. The van der Waals surface area contributed by atoms with Crippen LogP contribution in [0.15, 0.2) is 52.5 Å². The smallest absolute Gasteiger partial charge is 0.234 e. The number of anilines is 1. The lowest BCUT2D eigenvalue weighted by atomic mass is 10.1. The van der Waals surface area contributed by atoms with E-state index in [1.165, 1.54) is 11.8 Å². The molecule has 0 saturated heterocycles. The standard InChI is InChI=1S/C17H18N4O2S/c1-12-5-3-7-15(13(12)2)19-16(22)10-24-17-20-18-11-21(17)9-14-6-4-8-23-14/h3-8,11H,9-10H2,1-2H3,(H,19,22). The molecule has 2 heterocycles. The Balaban J connectivity index is 1.59. The zero-order valence-corrected chi connectivity index (χ0v) is 14.3. The maximum Gasteiger partial charge on any atom is 0.234 e. The molecule has 124 valence electrons. The van der Waals surface area contributed by atoms with Gasteiger partial charge in [0, 0.05) is 5.69 Å². The molecule has 2 aromatic heterocycles. The van der Waals surface area contributed by atoms with Crippen LogP contribution in [0.3, 0.4) is 0 Å². The van der Waals surface area contributed by atoms with E-state index in [-0.39, 0.29) is 11.7 Å². The van der Waals surface area contributed by atoms with Crippen molar-refractivity contribution < 1.29 is 9.21 Å². The third kappa shape index (κ3) is 3.86. The Morgan fingerprint density at radius 2 is 2.17 bits per heavy atom. The first-order valence-corrected chi connectivity index (χ1v) is 8.51. The molecule has 3 rings (SSSR count). The number of hydrogen-bond acceptors (Lipinski definition) is 5. The van der Waals surface area contributed by atoms with E-state index in [4.69, 9.17) is 4.42 Å². The van der Waals surface area contributed by atoms with Crippen molar-refractivity contribution in [1.82, 2.24) is 14.8 Å². The molecule has 1 aromatic carbocycles. The third-order valence-corrected chi connectivity index (χ3v) is 4.68. The maximum atomic E-state index is 12.2. The highest BCUT2D eigenvalue weighted by Crippen LogP contribution is 2.20. The Labute approximate surface area is 144 Å². The molecule has 0 aliphatic rings. The Hall–Kier alpha value is -2.54. The van der Waals surface area contributed by atoms with Crippen LogP contribution in [-0.4, -0.2) is 26.4 Å². The summed E-state index contributed by atoms with van der Waals surface area (Å²) in [6.07, 6.45) is 3.26. The number of hydrogen-bond donors (Lipinski definition) is 1. The average Bonchev–Trinajstić information content (AvgIpc) is 3.22. The maximum absolute atomic E-state index is 12.2. The molecule has 0 spiro atoms. The molecule has 3 aromatic rings. The molecule has 0 aliphatic carbocycles. The fraction of sp³-hybridized carbons (Fsp3) is 0.235. The number of carbonyl (C=O) groups excluding carboxylic acids is 1. The van der Waals surface area contributed by atoms with Gasteiger partial charge in [0.15, 0.2) is 5.16 Å². The van der Waals surface area contributed by atoms with Gasteiger partial charge in [0.05, 0.1) is 18.6 Å². The number of nitrogens with zero attached hydrogens (tertiary/aromatic N) is 3.